The number of H-pyrrole nitrogens is 1. The predicted octanol–water partition coefficient (Wildman–Crippen LogP) is 3.90. The van der Waals surface area contributed by atoms with Gasteiger partial charge in [0.25, 0.3) is 5.91 Å². The minimum atomic E-state index is -1.51. The van der Waals surface area contributed by atoms with Crippen molar-refractivity contribution in [1.29, 1.82) is 0 Å². The highest BCUT2D eigenvalue weighted by Gasteiger charge is 2.27. The first-order valence-electron chi connectivity index (χ1n) is 10.1. The molecule has 2 heterocycles. The van der Waals surface area contributed by atoms with Crippen LogP contribution in [0, 0.1) is 0 Å². The van der Waals surface area contributed by atoms with E-state index in [-0.39, 0.29) is 5.78 Å². The molecule has 2 aromatic heterocycles. The van der Waals surface area contributed by atoms with Crippen molar-refractivity contribution in [3.63, 3.8) is 0 Å². The lowest BCUT2D eigenvalue weighted by Crippen LogP contribution is -2.36. The van der Waals surface area contributed by atoms with Gasteiger partial charge in [0.05, 0.1) is 5.69 Å². The number of nitrogens with one attached hydrogen (secondary N) is 2. The first-order valence-corrected chi connectivity index (χ1v) is 10.1. The summed E-state index contributed by atoms with van der Waals surface area (Å²) in [6.45, 7) is 2.85. The standard InChI is InChI=1S/C24H25N3O3/c1-24(2,30)23(29)27-20-14-16(11-12-25-20)22-17(13-15-7-4-3-5-8-15)21-18(26-22)9-6-10-19(21)28/h3-5,7-8,11-12,14,26,30H,6,9-10,13H2,1-2H3,(H,25,27,29). The third-order valence-corrected chi connectivity index (χ3v) is 5.36. The third kappa shape index (κ3) is 4.04. The molecule has 4 rings (SSSR count). The zero-order valence-corrected chi connectivity index (χ0v) is 17.2. The molecule has 3 aromatic rings. The monoisotopic (exact) mass is 403 g/mol. The topological polar surface area (TPSA) is 95.1 Å². The number of pyridine rings is 1. The van der Waals surface area contributed by atoms with Crippen molar-refractivity contribution < 1.29 is 14.7 Å². The van der Waals surface area contributed by atoms with Crippen LogP contribution in [0.5, 0.6) is 0 Å². The highest BCUT2D eigenvalue weighted by atomic mass is 16.3. The van der Waals surface area contributed by atoms with E-state index in [1.165, 1.54) is 13.8 Å². The molecule has 30 heavy (non-hydrogen) atoms. The van der Waals surface area contributed by atoms with Gasteiger partial charge in [-0.1, -0.05) is 30.3 Å². The molecule has 1 aromatic carbocycles. The van der Waals surface area contributed by atoms with Crippen molar-refractivity contribution >= 4 is 17.5 Å². The number of benzene rings is 1. The molecule has 6 nitrogen and oxygen atoms in total. The fourth-order valence-electron chi connectivity index (χ4n) is 3.82. The molecular formula is C24H25N3O3. The lowest BCUT2D eigenvalue weighted by molar-refractivity contribution is -0.130. The molecule has 3 N–H and O–H groups in total. The second-order valence-corrected chi connectivity index (χ2v) is 8.21. The zero-order valence-electron chi connectivity index (χ0n) is 17.2. The Morgan fingerprint density at radius 1 is 1.20 bits per heavy atom. The number of Topliss-reactive ketones (excluding diaryl/α,β-unsaturated/α-hetero) is 1. The Hall–Kier alpha value is -3.25. The molecule has 0 unspecified atom stereocenters. The van der Waals surface area contributed by atoms with Gasteiger partial charge in [0.2, 0.25) is 0 Å². The van der Waals surface area contributed by atoms with Crippen LogP contribution >= 0.6 is 0 Å². The van der Waals surface area contributed by atoms with E-state index in [4.69, 9.17) is 0 Å². The summed E-state index contributed by atoms with van der Waals surface area (Å²) in [6, 6.07) is 13.7. The van der Waals surface area contributed by atoms with Crippen molar-refractivity contribution in [2.45, 2.75) is 45.1 Å². The van der Waals surface area contributed by atoms with Crippen LogP contribution in [0.2, 0.25) is 0 Å². The van der Waals surface area contributed by atoms with Gasteiger partial charge in [0.15, 0.2) is 5.78 Å². The number of hydrogen-bond donors (Lipinski definition) is 3. The van der Waals surface area contributed by atoms with Crippen LogP contribution in [-0.4, -0.2) is 32.4 Å². The molecule has 0 saturated carbocycles. The summed E-state index contributed by atoms with van der Waals surface area (Å²) in [5.74, 6) is -0.00362. The Morgan fingerprint density at radius 3 is 2.70 bits per heavy atom. The van der Waals surface area contributed by atoms with Crippen LogP contribution in [0.3, 0.4) is 0 Å². The van der Waals surface area contributed by atoms with E-state index in [1.807, 2.05) is 24.3 Å². The number of nitrogens with zero attached hydrogens (tertiary/aromatic N) is 1. The molecule has 0 radical (unpaired) electrons. The van der Waals surface area contributed by atoms with Gasteiger partial charge in [-0.25, -0.2) is 4.98 Å². The van der Waals surface area contributed by atoms with Crippen molar-refractivity contribution in [3.8, 4) is 11.3 Å². The molecule has 0 saturated heterocycles. The summed E-state index contributed by atoms with van der Waals surface area (Å²) in [6.07, 6.45) is 4.51. The summed E-state index contributed by atoms with van der Waals surface area (Å²) in [7, 11) is 0. The number of hydrogen-bond acceptors (Lipinski definition) is 4. The lowest BCUT2D eigenvalue weighted by Gasteiger charge is -2.16. The Labute approximate surface area is 175 Å². The fraction of sp³-hybridized carbons (Fsp3) is 0.292. The summed E-state index contributed by atoms with van der Waals surface area (Å²) in [5, 5.41) is 12.5. The van der Waals surface area contributed by atoms with Crippen LogP contribution in [0.4, 0.5) is 5.82 Å². The summed E-state index contributed by atoms with van der Waals surface area (Å²) >= 11 is 0. The maximum absolute atomic E-state index is 12.7. The number of rotatable bonds is 5. The molecule has 0 aliphatic heterocycles. The summed E-state index contributed by atoms with van der Waals surface area (Å²) < 4.78 is 0. The van der Waals surface area contributed by atoms with Crippen molar-refractivity contribution in [2.24, 2.45) is 0 Å². The first kappa shape index (κ1) is 20.0. The second kappa shape index (κ2) is 7.88. The molecule has 6 heteroatoms. The number of aromatic amines is 1. The number of aliphatic hydroxyl groups is 1. The molecule has 1 amide bonds. The number of amides is 1. The molecule has 0 spiro atoms. The van der Waals surface area contributed by atoms with Crippen LogP contribution < -0.4 is 5.32 Å². The number of aryl methyl sites for hydroxylation is 1. The van der Waals surface area contributed by atoms with Crippen molar-refractivity contribution in [1.82, 2.24) is 9.97 Å². The number of carbonyl (C=O) groups excluding carboxylic acids is 2. The van der Waals surface area contributed by atoms with Crippen molar-refractivity contribution in [3.05, 3.63) is 71.0 Å². The van der Waals surface area contributed by atoms with E-state index in [0.717, 1.165) is 46.5 Å². The largest absolute Gasteiger partial charge is 0.381 e. The van der Waals surface area contributed by atoms with Crippen molar-refractivity contribution in [2.75, 3.05) is 5.32 Å². The molecule has 0 atom stereocenters. The van der Waals surface area contributed by atoms with Crippen LogP contribution in [0.1, 0.15) is 53.9 Å². The van der Waals surface area contributed by atoms with E-state index in [1.54, 1.807) is 12.3 Å². The van der Waals surface area contributed by atoms with Gasteiger partial charge in [-0.3, -0.25) is 9.59 Å². The van der Waals surface area contributed by atoms with Crippen LogP contribution in [0.15, 0.2) is 48.7 Å². The maximum atomic E-state index is 12.7. The van der Waals surface area contributed by atoms with E-state index >= 15 is 0 Å². The van der Waals surface area contributed by atoms with E-state index < -0.39 is 11.5 Å². The Bertz CT molecular complexity index is 1090. The number of aromatic nitrogens is 2. The zero-order chi connectivity index (χ0) is 21.3. The van der Waals surface area contributed by atoms with E-state index in [2.05, 4.69) is 27.4 Å². The molecule has 0 fully saturated rings. The Kier molecular flexibility index (Phi) is 5.26. The number of anilines is 1. The lowest BCUT2D eigenvalue weighted by atomic mass is 9.90. The third-order valence-electron chi connectivity index (χ3n) is 5.36. The highest BCUT2D eigenvalue weighted by Crippen LogP contribution is 2.35. The van der Waals surface area contributed by atoms with Gasteiger partial charge in [-0.05, 0) is 49.9 Å². The first-order chi connectivity index (χ1) is 14.3. The quantitative estimate of drug-likeness (QED) is 0.602. The van der Waals surface area contributed by atoms with E-state index in [0.29, 0.717) is 18.7 Å². The molecule has 1 aliphatic rings. The summed E-state index contributed by atoms with van der Waals surface area (Å²) in [5.41, 5.74) is 4.10. The van der Waals surface area contributed by atoms with Crippen LogP contribution in [0.25, 0.3) is 11.3 Å². The predicted molar refractivity (Wildman–Crippen MR) is 115 cm³/mol. The average molecular weight is 403 g/mol. The number of ketones is 1. The highest BCUT2D eigenvalue weighted by molar-refractivity contribution is 6.02. The van der Waals surface area contributed by atoms with Crippen LogP contribution in [-0.2, 0) is 17.6 Å². The minimum Gasteiger partial charge on any atom is -0.381 e. The van der Waals surface area contributed by atoms with E-state index in [9.17, 15) is 14.7 Å². The van der Waals surface area contributed by atoms with Gasteiger partial charge >= 0.3 is 0 Å². The average Bonchev–Trinajstić information content (AvgIpc) is 3.08. The molecular weight excluding hydrogens is 378 g/mol. The molecule has 1 aliphatic carbocycles. The molecule has 0 bridgehead atoms. The number of carbonyl (C=O) groups is 2. The summed E-state index contributed by atoms with van der Waals surface area (Å²) in [4.78, 5) is 32.6. The normalized spacial score (nSPS) is 13.8. The second-order valence-electron chi connectivity index (χ2n) is 8.21. The van der Waals surface area contributed by atoms with Gasteiger partial charge in [0.1, 0.15) is 11.4 Å². The molecule has 154 valence electrons. The Balaban J connectivity index is 1.76. The van der Waals surface area contributed by atoms with Gasteiger partial charge in [-0.15, -0.1) is 0 Å². The minimum absolute atomic E-state index is 0.175. The fourth-order valence-corrected chi connectivity index (χ4v) is 3.82. The van der Waals surface area contributed by atoms with Gasteiger partial charge < -0.3 is 15.4 Å². The number of fused-ring (bicyclic) bond motifs is 1. The maximum Gasteiger partial charge on any atom is 0.256 e. The Morgan fingerprint density at radius 2 is 1.97 bits per heavy atom. The SMILES string of the molecule is CC(C)(O)C(=O)Nc1cc(-c2[nH]c3c(c2Cc2ccccc2)C(=O)CCC3)ccn1. The van der Waals surface area contributed by atoms with Gasteiger partial charge in [-0.2, -0.15) is 0 Å². The smallest absolute Gasteiger partial charge is 0.256 e. The van der Waals surface area contributed by atoms with Gasteiger partial charge in [0, 0.05) is 35.9 Å².